The highest BCUT2D eigenvalue weighted by atomic mass is 127. The summed E-state index contributed by atoms with van der Waals surface area (Å²) in [5.41, 5.74) is 1.00. The molecule has 1 rings (SSSR count). The lowest BCUT2D eigenvalue weighted by Gasteiger charge is -2.12. The number of benzene rings is 1. The van der Waals surface area contributed by atoms with Crippen molar-refractivity contribution in [3.8, 4) is 5.75 Å². The van der Waals surface area contributed by atoms with Crippen LogP contribution in [0.2, 0.25) is 5.02 Å². The van der Waals surface area contributed by atoms with E-state index < -0.39 is 9.84 Å². The van der Waals surface area contributed by atoms with Gasteiger partial charge in [0.15, 0.2) is 15.8 Å². The highest BCUT2D eigenvalue weighted by Gasteiger charge is 2.07. The standard InChI is InChI=1S/C15H24ClN3O3S.HI/c1-4-23(20,21)10-9-19-15(17-2)18-8-7-12-5-6-13(22-3)11-14(12)16;/h5-6,11H,4,7-10H2,1-3H3,(H2,17,18,19);1H. The average molecular weight is 490 g/mol. The summed E-state index contributed by atoms with van der Waals surface area (Å²) in [6.45, 7) is 2.60. The van der Waals surface area contributed by atoms with Crippen LogP contribution >= 0.6 is 35.6 Å². The van der Waals surface area contributed by atoms with E-state index in [9.17, 15) is 8.42 Å². The van der Waals surface area contributed by atoms with Crippen molar-refractivity contribution in [2.45, 2.75) is 13.3 Å². The van der Waals surface area contributed by atoms with E-state index in [2.05, 4.69) is 15.6 Å². The van der Waals surface area contributed by atoms with Gasteiger partial charge in [0.05, 0.1) is 12.9 Å². The van der Waals surface area contributed by atoms with Gasteiger partial charge in [-0.25, -0.2) is 8.42 Å². The molecule has 1 aromatic carbocycles. The van der Waals surface area contributed by atoms with E-state index in [-0.39, 0.29) is 35.5 Å². The maximum Gasteiger partial charge on any atom is 0.191 e. The molecule has 0 aliphatic heterocycles. The number of halogens is 2. The lowest BCUT2D eigenvalue weighted by atomic mass is 10.1. The first kappa shape index (κ1) is 23.3. The number of sulfone groups is 1. The van der Waals surface area contributed by atoms with Crippen molar-refractivity contribution in [3.63, 3.8) is 0 Å². The van der Waals surface area contributed by atoms with Gasteiger partial charge in [0.2, 0.25) is 0 Å². The number of hydrogen-bond acceptors (Lipinski definition) is 4. The Morgan fingerprint density at radius 1 is 1.29 bits per heavy atom. The van der Waals surface area contributed by atoms with Gasteiger partial charge in [0.25, 0.3) is 0 Å². The second kappa shape index (κ2) is 11.8. The number of nitrogens with zero attached hydrogens (tertiary/aromatic N) is 1. The summed E-state index contributed by atoms with van der Waals surface area (Å²) in [7, 11) is 0.268. The van der Waals surface area contributed by atoms with Gasteiger partial charge in [0.1, 0.15) is 5.75 Å². The monoisotopic (exact) mass is 489 g/mol. The molecule has 0 spiro atoms. The van der Waals surface area contributed by atoms with E-state index in [0.717, 1.165) is 17.7 Å². The Bertz CT molecular complexity index is 639. The molecule has 0 bridgehead atoms. The molecule has 2 N–H and O–H groups in total. The van der Waals surface area contributed by atoms with Crippen molar-refractivity contribution < 1.29 is 13.2 Å². The zero-order valence-corrected chi connectivity index (χ0v) is 18.0. The molecule has 0 saturated heterocycles. The Morgan fingerprint density at radius 2 is 1.96 bits per heavy atom. The molecule has 24 heavy (non-hydrogen) atoms. The highest BCUT2D eigenvalue weighted by molar-refractivity contribution is 14.0. The second-order valence-corrected chi connectivity index (χ2v) is 7.75. The predicted molar refractivity (Wildman–Crippen MR) is 111 cm³/mol. The molecule has 0 heterocycles. The molecule has 6 nitrogen and oxygen atoms in total. The van der Waals surface area contributed by atoms with Crippen LogP contribution in [-0.4, -0.2) is 53.1 Å². The van der Waals surface area contributed by atoms with Crippen molar-refractivity contribution in [1.82, 2.24) is 10.6 Å². The molecule has 1 aromatic rings. The third-order valence-electron chi connectivity index (χ3n) is 3.32. The number of guanidine groups is 1. The molecule has 0 fully saturated rings. The Labute approximate surface area is 166 Å². The molecule has 0 unspecified atom stereocenters. The van der Waals surface area contributed by atoms with Crippen LogP contribution in [0.25, 0.3) is 0 Å². The normalized spacial score (nSPS) is 11.6. The molecule has 138 valence electrons. The van der Waals surface area contributed by atoms with Crippen LogP contribution in [0, 0.1) is 0 Å². The van der Waals surface area contributed by atoms with Crippen LogP contribution in [0.5, 0.6) is 5.75 Å². The van der Waals surface area contributed by atoms with Gasteiger partial charge in [-0.1, -0.05) is 24.6 Å². The van der Waals surface area contributed by atoms with E-state index in [1.165, 1.54) is 0 Å². The van der Waals surface area contributed by atoms with Gasteiger partial charge < -0.3 is 15.4 Å². The van der Waals surface area contributed by atoms with E-state index in [1.807, 2.05) is 12.1 Å². The number of rotatable bonds is 8. The molecule has 0 aromatic heterocycles. The third kappa shape index (κ3) is 8.39. The largest absolute Gasteiger partial charge is 0.497 e. The first-order chi connectivity index (χ1) is 10.9. The zero-order chi connectivity index (χ0) is 17.3. The Kier molecular flexibility index (Phi) is 11.4. The van der Waals surface area contributed by atoms with Gasteiger partial charge >= 0.3 is 0 Å². The molecule has 0 atom stereocenters. The van der Waals surface area contributed by atoms with Gasteiger partial charge in [-0.15, -0.1) is 24.0 Å². The number of aliphatic imine (C=N–C) groups is 1. The minimum Gasteiger partial charge on any atom is -0.497 e. The van der Waals surface area contributed by atoms with Crippen molar-refractivity contribution in [2.75, 3.05) is 38.8 Å². The first-order valence-corrected chi connectivity index (χ1v) is 9.59. The fourth-order valence-electron chi connectivity index (χ4n) is 1.86. The second-order valence-electron chi connectivity index (χ2n) is 4.87. The van der Waals surface area contributed by atoms with E-state index >= 15 is 0 Å². The summed E-state index contributed by atoms with van der Waals surface area (Å²) in [5.74, 6) is 1.54. The van der Waals surface area contributed by atoms with Crippen molar-refractivity contribution in [1.29, 1.82) is 0 Å². The molecule has 0 amide bonds. The molecule has 0 saturated carbocycles. The van der Waals surface area contributed by atoms with Gasteiger partial charge in [0, 0.05) is 30.9 Å². The summed E-state index contributed by atoms with van der Waals surface area (Å²) in [6.07, 6.45) is 0.719. The maximum atomic E-state index is 11.4. The topological polar surface area (TPSA) is 79.8 Å². The Hall–Kier alpha value is -0.740. The molecule has 0 radical (unpaired) electrons. The molecular weight excluding hydrogens is 465 g/mol. The number of nitrogens with one attached hydrogen (secondary N) is 2. The highest BCUT2D eigenvalue weighted by Crippen LogP contribution is 2.22. The van der Waals surface area contributed by atoms with Crippen LogP contribution in [0.3, 0.4) is 0 Å². The van der Waals surface area contributed by atoms with Crippen molar-refractivity contribution in [2.24, 2.45) is 4.99 Å². The molecule has 0 aliphatic rings. The minimum absolute atomic E-state index is 0. The fraction of sp³-hybridized carbons (Fsp3) is 0.533. The summed E-state index contributed by atoms with van der Waals surface area (Å²) in [4.78, 5) is 4.06. The van der Waals surface area contributed by atoms with Crippen LogP contribution < -0.4 is 15.4 Å². The Morgan fingerprint density at radius 3 is 2.50 bits per heavy atom. The van der Waals surface area contributed by atoms with Gasteiger partial charge in [-0.05, 0) is 24.1 Å². The zero-order valence-electron chi connectivity index (χ0n) is 14.1. The summed E-state index contributed by atoms with van der Waals surface area (Å²) < 4.78 is 28.0. The van der Waals surface area contributed by atoms with E-state index in [0.29, 0.717) is 24.1 Å². The third-order valence-corrected chi connectivity index (χ3v) is 5.37. The molecular formula is C15H25ClIN3O3S. The smallest absolute Gasteiger partial charge is 0.191 e. The van der Waals surface area contributed by atoms with E-state index in [1.54, 1.807) is 27.1 Å². The van der Waals surface area contributed by atoms with Crippen molar-refractivity contribution in [3.05, 3.63) is 28.8 Å². The molecule has 0 aliphatic carbocycles. The number of methoxy groups -OCH3 is 1. The number of hydrogen-bond donors (Lipinski definition) is 2. The van der Waals surface area contributed by atoms with Crippen LogP contribution in [0.4, 0.5) is 0 Å². The molecule has 9 heteroatoms. The maximum absolute atomic E-state index is 11.4. The first-order valence-electron chi connectivity index (χ1n) is 7.39. The predicted octanol–water partition coefficient (Wildman–Crippen LogP) is 2.11. The van der Waals surface area contributed by atoms with Crippen LogP contribution in [0.15, 0.2) is 23.2 Å². The van der Waals surface area contributed by atoms with Crippen molar-refractivity contribution >= 4 is 51.4 Å². The summed E-state index contributed by atoms with van der Waals surface area (Å²) in [5, 5.41) is 6.77. The lowest BCUT2D eigenvalue weighted by molar-refractivity contribution is 0.414. The summed E-state index contributed by atoms with van der Waals surface area (Å²) in [6, 6.07) is 5.57. The van der Waals surface area contributed by atoms with Gasteiger partial charge in [-0.2, -0.15) is 0 Å². The van der Waals surface area contributed by atoms with Crippen LogP contribution in [0.1, 0.15) is 12.5 Å². The van der Waals surface area contributed by atoms with Crippen LogP contribution in [-0.2, 0) is 16.3 Å². The van der Waals surface area contributed by atoms with Gasteiger partial charge in [-0.3, -0.25) is 4.99 Å². The fourth-order valence-corrected chi connectivity index (χ4v) is 2.83. The SMILES string of the molecule is CCS(=O)(=O)CCNC(=NC)NCCc1ccc(OC)cc1Cl.I. The average Bonchev–Trinajstić information content (AvgIpc) is 2.54. The Balaban J connectivity index is 0.00000529. The quantitative estimate of drug-likeness (QED) is 0.332. The lowest BCUT2D eigenvalue weighted by Crippen LogP contribution is -2.40. The van der Waals surface area contributed by atoms with E-state index in [4.69, 9.17) is 16.3 Å². The summed E-state index contributed by atoms with van der Waals surface area (Å²) >= 11 is 6.19. The minimum atomic E-state index is -2.97. The number of ether oxygens (including phenoxy) is 1.